The van der Waals surface area contributed by atoms with Gasteiger partial charge in [0.2, 0.25) is 10.1 Å². The zero-order valence-electron chi connectivity index (χ0n) is 9.72. The van der Waals surface area contributed by atoms with Gasteiger partial charge in [-0.05, 0) is 12.8 Å². The SMILES string of the molecule is CN(CC1(O)CCCC1)C(=O)c1nnc(N)s1. The number of aliphatic hydroxyl groups is 1. The Labute approximate surface area is 103 Å². The average Bonchev–Trinajstić information content (AvgIpc) is 2.86. The molecule has 1 amide bonds. The third-order valence-corrected chi connectivity index (χ3v) is 3.78. The summed E-state index contributed by atoms with van der Waals surface area (Å²) in [6.45, 7) is 0.339. The van der Waals surface area contributed by atoms with Crippen LogP contribution in [0.25, 0.3) is 0 Å². The third kappa shape index (κ3) is 2.73. The first-order valence-electron chi connectivity index (χ1n) is 5.57. The van der Waals surface area contributed by atoms with E-state index in [1.807, 2.05) is 0 Å². The summed E-state index contributed by atoms with van der Waals surface area (Å²) < 4.78 is 0. The van der Waals surface area contributed by atoms with Crippen molar-refractivity contribution in [1.29, 1.82) is 0 Å². The number of nitrogens with two attached hydrogens (primary N) is 1. The zero-order valence-corrected chi connectivity index (χ0v) is 10.5. The van der Waals surface area contributed by atoms with Crippen LogP contribution in [0.5, 0.6) is 0 Å². The van der Waals surface area contributed by atoms with Crippen molar-refractivity contribution in [1.82, 2.24) is 15.1 Å². The summed E-state index contributed by atoms with van der Waals surface area (Å²) in [6, 6.07) is 0. The maximum atomic E-state index is 12.0. The molecule has 1 heterocycles. The predicted octanol–water partition coefficient (Wildman–Crippen LogP) is 0.497. The van der Waals surface area contributed by atoms with E-state index in [4.69, 9.17) is 5.73 Å². The van der Waals surface area contributed by atoms with Gasteiger partial charge in [-0.2, -0.15) is 0 Å². The lowest BCUT2D eigenvalue weighted by atomic mass is 10.0. The van der Waals surface area contributed by atoms with Crippen LogP contribution >= 0.6 is 11.3 Å². The number of nitrogens with zero attached hydrogens (tertiary/aromatic N) is 3. The molecule has 3 N–H and O–H groups in total. The van der Waals surface area contributed by atoms with E-state index in [0.29, 0.717) is 6.54 Å². The Balaban J connectivity index is 2.00. The smallest absolute Gasteiger partial charge is 0.284 e. The highest BCUT2D eigenvalue weighted by atomic mass is 32.1. The molecule has 94 valence electrons. The Morgan fingerprint density at radius 1 is 1.53 bits per heavy atom. The van der Waals surface area contributed by atoms with Crippen molar-refractivity contribution < 1.29 is 9.90 Å². The van der Waals surface area contributed by atoms with E-state index in [0.717, 1.165) is 37.0 Å². The molecule has 1 aromatic heterocycles. The Morgan fingerprint density at radius 2 is 2.18 bits per heavy atom. The summed E-state index contributed by atoms with van der Waals surface area (Å²) in [4.78, 5) is 13.4. The average molecular weight is 256 g/mol. The summed E-state index contributed by atoms with van der Waals surface area (Å²) in [7, 11) is 1.66. The molecule has 1 aliphatic carbocycles. The number of carbonyl (C=O) groups excluding carboxylic acids is 1. The van der Waals surface area contributed by atoms with Gasteiger partial charge in [-0.25, -0.2) is 0 Å². The van der Waals surface area contributed by atoms with E-state index in [1.54, 1.807) is 7.05 Å². The predicted molar refractivity (Wildman–Crippen MR) is 64.7 cm³/mol. The molecule has 2 rings (SSSR count). The molecule has 0 radical (unpaired) electrons. The monoisotopic (exact) mass is 256 g/mol. The highest BCUT2D eigenvalue weighted by Crippen LogP contribution is 2.30. The molecule has 0 saturated heterocycles. The molecule has 1 aromatic rings. The normalized spacial score (nSPS) is 18.2. The molecule has 17 heavy (non-hydrogen) atoms. The van der Waals surface area contributed by atoms with Crippen LogP contribution in [-0.2, 0) is 0 Å². The van der Waals surface area contributed by atoms with Gasteiger partial charge in [-0.1, -0.05) is 24.2 Å². The standard InChI is InChI=1S/C10H16N4O2S/c1-14(6-10(16)4-2-3-5-10)8(15)7-12-13-9(11)17-7/h16H,2-6H2,1H3,(H2,11,13). The van der Waals surface area contributed by atoms with Crippen LogP contribution in [0.2, 0.25) is 0 Å². The number of aromatic nitrogens is 2. The maximum absolute atomic E-state index is 12.0. The van der Waals surface area contributed by atoms with E-state index in [9.17, 15) is 9.90 Å². The second kappa shape index (κ2) is 4.58. The molecular formula is C10H16N4O2S. The van der Waals surface area contributed by atoms with Gasteiger partial charge in [0.25, 0.3) is 5.91 Å². The summed E-state index contributed by atoms with van der Waals surface area (Å²) in [5.74, 6) is -0.237. The highest BCUT2D eigenvalue weighted by Gasteiger charge is 2.34. The van der Waals surface area contributed by atoms with Crippen LogP contribution in [0.4, 0.5) is 5.13 Å². The Kier molecular flexibility index (Phi) is 3.30. The fraction of sp³-hybridized carbons (Fsp3) is 0.700. The minimum Gasteiger partial charge on any atom is -0.388 e. The Bertz CT molecular complexity index is 414. The van der Waals surface area contributed by atoms with Crippen LogP contribution in [-0.4, -0.2) is 45.3 Å². The van der Waals surface area contributed by atoms with Gasteiger partial charge >= 0.3 is 0 Å². The van der Waals surface area contributed by atoms with Gasteiger partial charge in [0, 0.05) is 13.6 Å². The van der Waals surface area contributed by atoms with Gasteiger partial charge in [0.1, 0.15) is 0 Å². The number of hydrogen-bond donors (Lipinski definition) is 2. The second-order valence-electron chi connectivity index (χ2n) is 4.54. The van der Waals surface area contributed by atoms with Crippen LogP contribution in [0.3, 0.4) is 0 Å². The van der Waals surface area contributed by atoms with E-state index >= 15 is 0 Å². The lowest BCUT2D eigenvalue weighted by Gasteiger charge is -2.27. The summed E-state index contributed by atoms with van der Waals surface area (Å²) in [5.41, 5.74) is 4.70. The van der Waals surface area contributed by atoms with Crippen molar-refractivity contribution in [3.8, 4) is 0 Å². The topological polar surface area (TPSA) is 92.3 Å². The molecular weight excluding hydrogens is 240 g/mol. The minimum atomic E-state index is -0.735. The Hall–Kier alpha value is -1.21. The molecule has 0 spiro atoms. The number of amides is 1. The van der Waals surface area contributed by atoms with Crippen LogP contribution in [0.1, 0.15) is 35.5 Å². The van der Waals surface area contributed by atoms with E-state index in [1.165, 1.54) is 4.90 Å². The summed E-state index contributed by atoms with van der Waals surface area (Å²) >= 11 is 1.06. The quantitative estimate of drug-likeness (QED) is 0.821. The van der Waals surface area contributed by atoms with Crippen LogP contribution < -0.4 is 5.73 Å². The van der Waals surface area contributed by atoms with Crippen LogP contribution in [0, 0.1) is 0 Å². The number of carbonyl (C=O) groups is 1. The van der Waals surface area contributed by atoms with Crippen LogP contribution in [0.15, 0.2) is 0 Å². The number of rotatable bonds is 3. The molecule has 1 aliphatic rings. The summed E-state index contributed by atoms with van der Waals surface area (Å²) in [5, 5.41) is 18.1. The molecule has 0 aromatic carbocycles. The maximum Gasteiger partial charge on any atom is 0.284 e. The van der Waals surface area contributed by atoms with Crippen molar-refractivity contribution in [3.05, 3.63) is 5.01 Å². The zero-order chi connectivity index (χ0) is 12.5. The third-order valence-electron chi connectivity index (χ3n) is 3.04. The fourth-order valence-electron chi connectivity index (χ4n) is 2.19. The van der Waals surface area contributed by atoms with E-state index in [-0.39, 0.29) is 16.0 Å². The number of likely N-dealkylation sites (N-methyl/N-ethyl adjacent to an activating group) is 1. The first-order chi connectivity index (χ1) is 8.00. The number of anilines is 1. The molecule has 1 saturated carbocycles. The first kappa shape index (κ1) is 12.3. The lowest BCUT2D eigenvalue weighted by molar-refractivity contribution is 0.0156. The van der Waals surface area contributed by atoms with Gasteiger partial charge in [0.05, 0.1) is 5.60 Å². The molecule has 0 bridgehead atoms. The van der Waals surface area contributed by atoms with Crippen molar-refractivity contribution in [2.24, 2.45) is 0 Å². The largest absolute Gasteiger partial charge is 0.388 e. The van der Waals surface area contributed by atoms with Gasteiger partial charge < -0.3 is 15.7 Å². The van der Waals surface area contributed by atoms with Crippen molar-refractivity contribution in [3.63, 3.8) is 0 Å². The van der Waals surface area contributed by atoms with Crippen molar-refractivity contribution in [2.45, 2.75) is 31.3 Å². The lowest BCUT2D eigenvalue weighted by Crippen LogP contribution is -2.42. The van der Waals surface area contributed by atoms with Crippen molar-refractivity contribution >= 4 is 22.4 Å². The molecule has 0 atom stereocenters. The minimum absolute atomic E-state index is 0.237. The molecule has 6 nitrogen and oxygen atoms in total. The molecule has 1 fully saturated rings. The van der Waals surface area contributed by atoms with Crippen molar-refractivity contribution in [2.75, 3.05) is 19.3 Å². The second-order valence-corrected chi connectivity index (χ2v) is 5.55. The summed E-state index contributed by atoms with van der Waals surface area (Å²) in [6.07, 6.45) is 3.54. The number of nitrogen functional groups attached to an aromatic ring is 1. The number of hydrogen-bond acceptors (Lipinski definition) is 6. The first-order valence-corrected chi connectivity index (χ1v) is 6.39. The van der Waals surface area contributed by atoms with Gasteiger partial charge in [0.15, 0.2) is 0 Å². The van der Waals surface area contributed by atoms with E-state index < -0.39 is 5.60 Å². The van der Waals surface area contributed by atoms with Gasteiger partial charge in [-0.15, -0.1) is 10.2 Å². The highest BCUT2D eigenvalue weighted by molar-refractivity contribution is 7.16. The molecule has 0 unspecified atom stereocenters. The van der Waals surface area contributed by atoms with Gasteiger partial charge in [-0.3, -0.25) is 4.79 Å². The van der Waals surface area contributed by atoms with E-state index in [2.05, 4.69) is 10.2 Å². The Morgan fingerprint density at radius 3 is 2.71 bits per heavy atom. The fourth-order valence-corrected chi connectivity index (χ4v) is 2.79. The molecule has 0 aliphatic heterocycles. The molecule has 7 heteroatoms.